The fourth-order valence-electron chi connectivity index (χ4n) is 0.748. The van der Waals surface area contributed by atoms with E-state index in [4.69, 9.17) is 16.3 Å². The number of rotatable bonds is 2. The number of benzene rings is 1. The van der Waals surface area contributed by atoms with Crippen LogP contribution in [-0.2, 0) is 0 Å². The molecule has 0 amide bonds. The van der Waals surface area contributed by atoms with Crippen molar-refractivity contribution >= 4 is 27.5 Å². The highest BCUT2D eigenvalue weighted by molar-refractivity contribution is 9.10. The monoisotopic (exact) mass is 234 g/mol. The van der Waals surface area contributed by atoms with E-state index in [0.717, 1.165) is 10.2 Å². The van der Waals surface area contributed by atoms with Crippen molar-refractivity contribution in [2.24, 2.45) is 0 Å². The van der Waals surface area contributed by atoms with Crippen LogP contribution in [0.4, 0.5) is 0 Å². The van der Waals surface area contributed by atoms with Gasteiger partial charge in [0.1, 0.15) is 5.75 Å². The normalized spacial score (nSPS) is 9.73. The first-order chi connectivity index (χ1) is 5.24. The average Bonchev–Trinajstić information content (AvgIpc) is 1.95. The highest BCUT2D eigenvalue weighted by Gasteiger charge is 1.99. The van der Waals surface area contributed by atoms with Crippen molar-refractivity contribution in [2.45, 2.75) is 6.92 Å². The number of halogens is 2. The maximum atomic E-state index is 5.73. The van der Waals surface area contributed by atoms with E-state index in [0.29, 0.717) is 11.6 Å². The summed E-state index contributed by atoms with van der Waals surface area (Å²) in [6, 6.07) is 5.46. The van der Waals surface area contributed by atoms with Gasteiger partial charge in [-0.2, -0.15) is 0 Å². The Morgan fingerprint density at radius 3 is 2.82 bits per heavy atom. The van der Waals surface area contributed by atoms with E-state index in [1.165, 1.54) is 0 Å². The van der Waals surface area contributed by atoms with E-state index >= 15 is 0 Å². The molecule has 0 bridgehead atoms. The third-order valence-electron chi connectivity index (χ3n) is 1.19. The van der Waals surface area contributed by atoms with Crippen molar-refractivity contribution in [3.8, 4) is 5.75 Å². The first-order valence-electron chi connectivity index (χ1n) is 3.32. The van der Waals surface area contributed by atoms with E-state index < -0.39 is 0 Å². The molecule has 1 nitrogen and oxygen atoms in total. The lowest BCUT2D eigenvalue weighted by Gasteiger charge is -2.04. The summed E-state index contributed by atoms with van der Waals surface area (Å²) in [6.45, 7) is 2.61. The third kappa shape index (κ3) is 2.38. The molecule has 11 heavy (non-hydrogen) atoms. The first-order valence-corrected chi connectivity index (χ1v) is 4.49. The van der Waals surface area contributed by atoms with Gasteiger partial charge >= 0.3 is 0 Å². The molecule has 0 aliphatic heterocycles. The van der Waals surface area contributed by atoms with Crippen LogP contribution in [0, 0.1) is 0 Å². The van der Waals surface area contributed by atoms with Crippen LogP contribution in [0.1, 0.15) is 6.92 Å². The summed E-state index contributed by atoms with van der Waals surface area (Å²) in [4.78, 5) is 0. The van der Waals surface area contributed by atoms with Gasteiger partial charge in [0.05, 0.1) is 11.1 Å². The summed E-state index contributed by atoms with van der Waals surface area (Å²) >= 11 is 9.07. The van der Waals surface area contributed by atoms with E-state index in [1.807, 2.05) is 19.1 Å². The molecule has 0 unspecified atom stereocenters. The molecule has 60 valence electrons. The molecule has 0 heterocycles. The minimum absolute atomic E-state index is 0.667. The van der Waals surface area contributed by atoms with Gasteiger partial charge in [-0.1, -0.05) is 11.6 Å². The molecule has 0 fully saturated rings. The summed E-state index contributed by atoms with van der Waals surface area (Å²) < 4.78 is 6.18. The topological polar surface area (TPSA) is 9.23 Å². The number of hydrogen-bond acceptors (Lipinski definition) is 1. The minimum Gasteiger partial charge on any atom is -0.493 e. The number of ether oxygens (including phenoxy) is 1. The zero-order chi connectivity index (χ0) is 8.27. The van der Waals surface area contributed by atoms with Crippen molar-refractivity contribution in [3.05, 3.63) is 27.7 Å². The van der Waals surface area contributed by atoms with Crippen LogP contribution in [0.3, 0.4) is 0 Å². The van der Waals surface area contributed by atoms with E-state index in [1.54, 1.807) is 6.07 Å². The van der Waals surface area contributed by atoms with Crippen LogP contribution in [0.15, 0.2) is 22.7 Å². The summed E-state index contributed by atoms with van der Waals surface area (Å²) in [5, 5.41) is 0.709. The van der Waals surface area contributed by atoms with E-state index in [-0.39, 0.29) is 0 Å². The summed E-state index contributed by atoms with van der Waals surface area (Å²) in [5.41, 5.74) is 0. The fourth-order valence-corrected chi connectivity index (χ4v) is 1.54. The maximum Gasteiger partial charge on any atom is 0.133 e. The summed E-state index contributed by atoms with van der Waals surface area (Å²) in [5.74, 6) is 0.830. The van der Waals surface area contributed by atoms with Crippen LogP contribution in [-0.4, -0.2) is 6.61 Å². The van der Waals surface area contributed by atoms with E-state index in [2.05, 4.69) is 15.9 Å². The highest BCUT2D eigenvalue weighted by Crippen LogP contribution is 2.27. The Bertz CT molecular complexity index is 250. The van der Waals surface area contributed by atoms with Crippen molar-refractivity contribution in [3.63, 3.8) is 0 Å². The SMILES string of the molecule is CCOc1ccc(Cl)cc1Br. The van der Waals surface area contributed by atoms with Gasteiger partial charge in [-0.15, -0.1) is 0 Å². The van der Waals surface area contributed by atoms with Gasteiger partial charge in [-0.25, -0.2) is 0 Å². The van der Waals surface area contributed by atoms with Gasteiger partial charge in [0.15, 0.2) is 0 Å². The molecule has 0 aliphatic carbocycles. The molecule has 0 N–H and O–H groups in total. The predicted molar refractivity (Wildman–Crippen MR) is 50.3 cm³/mol. The first kappa shape index (κ1) is 8.88. The molecule has 0 saturated heterocycles. The minimum atomic E-state index is 0.667. The molecule has 0 spiro atoms. The summed E-state index contributed by atoms with van der Waals surface area (Å²) in [7, 11) is 0. The quantitative estimate of drug-likeness (QED) is 0.762. The Morgan fingerprint density at radius 1 is 1.55 bits per heavy atom. The van der Waals surface area contributed by atoms with Gasteiger partial charge in [-0.3, -0.25) is 0 Å². The summed E-state index contributed by atoms with van der Waals surface area (Å²) in [6.07, 6.45) is 0. The largest absolute Gasteiger partial charge is 0.493 e. The van der Waals surface area contributed by atoms with Crippen LogP contribution in [0.5, 0.6) is 5.75 Å². The lowest BCUT2D eigenvalue weighted by atomic mass is 10.3. The molecule has 0 aromatic heterocycles. The molecule has 0 saturated carbocycles. The second-order valence-corrected chi connectivity index (χ2v) is 3.30. The maximum absolute atomic E-state index is 5.73. The van der Waals surface area contributed by atoms with Gasteiger partial charge < -0.3 is 4.74 Å². The van der Waals surface area contributed by atoms with Gasteiger partial charge in [0.25, 0.3) is 0 Å². The molecule has 0 atom stereocenters. The van der Waals surface area contributed by atoms with Crippen LogP contribution in [0.25, 0.3) is 0 Å². The average molecular weight is 236 g/mol. The molecule has 1 aromatic carbocycles. The Hall–Kier alpha value is -0.210. The molecule has 0 aliphatic rings. The molecular formula is C8H8BrClO. The molecule has 0 radical (unpaired) electrons. The molecule has 1 aromatic rings. The van der Waals surface area contributed by atoms with Crippen molar-refractivity contribution in [1.29, 1.82) is 0 Å². The molecule has 3 heteroatoms. The van der Waals surface area contributed by atoms with Gasteiger partial charge in [0, 0.05) is 5.02 Å². The van der Waals surface area contributed by atoms with Crippen molar-refractivity contribution in [2.75, 3.05) is 6.61 Å². The van der Waals surface area contributed by atoms with Gasteiger partial charge in [-0.05, 0) is 41.1 Å². The Morgan fingerprint density at radius 2 is 2.27 bits per heavy atom. The third-order valence-corrected chi connectivity index (χ3v) is 2.05. The fraction of sp³-hybridized carbons (Fsp3) is 0.250. The Kier molecular flexibility index (Phi) is 3.21. The second kappa shape index (κ2) is 3.98. The van der Waals surface area contributed by atoms with Crippen LogP contribution >= 0.6 is 27.5 Å². The zero-order valence-electron chi connectivity index (χ0n) is 6.10. The lowest BCUT2D eigenvalue weighted by molar-refractivity contribution is 0.338. The smallest absolute Gasteiger partial charge is 0.133 e. The Balaban J connectivity index is 2.90. The second-order valence-electron chi connectivity index (χ2n) is 2.01. The van der Waals surface area contributed by atoms with Gasteiger partial charge in [0.2, 0.25) is 0 Å². The van der Waals surface area contributed by atoms with Crippen LogP contribution < -0.4 is 4.74 Å². The number of hydrogen-bond donors (Lipinski definition) is 0. The predicted octanol–water partition coefficient (Wildman–Crippen LogP) is 3.50. The highest BCUT2D eigenvalue weighted by atomic mass is 79.9. The van der Waals surface area contributed by atoms with Crippen molar-refractivity contribution < 1.29 is 4.74 Å². The van der Waals surface area contributed by atoms with E-state index in [9.17, 15) is 0 Å². The van der Waals surface area contributed by atoms with Crippen LogP contribution in [0.2, 0.25) is 5.02 Å². The lowest BCUT2D eigenvalue weighted by Crippen LogP contribution is -1.91. The standard InChI is InChI=1S/C8H8BrClO/c1-2-11-8-4-3-6(10)5-7(8)9/h3-5H,2H2,1H3. The molecule has 1 rings (SSSR count). The molecular weight excluding hydrogens is 227 g/mol. The Labute approximate surface area is 79.4 Å². The van der Waals surface area contributed by atoms with Crippen molar-refractivity contribution in [1.82, 2.24) is 0 Å². The zero-order valence-corrected chi connectivity index (χ0v) is 8.45.